The van der Waals surface area contributed by atoms with Gasteiger partial charge in [0.25, 0.3) is 0 Å². The van der Waals surface area contributed by atoms with E-state index in [-0.39, 0.29) is 4.90 Å². The maximum absolute atomic E-state index is 12.3. The van der Waals surface area contributed by atoms with Crippen LogP contribution in [0.3, 0.4) is 0 Å². The third-order valence-electron chi connectivity index (χ3n) is 3.07. The lowest BCUT2D eigenvalue weighted by Gasteiger charge is -2.10. The van der Waals surface area contributed by atoms with Gasteiger partial charge in [0.1, 0.15) is 0 Å². The number of hydrogen-bond donors (Lipinski definition) is 1. The first-order chi connectivity index (χ1) is 9.56. The van der Waals surface area contributed by atoms with E-state index >= 15 is 0 Å². The van der Waals surface area contributed by atoms with E-state index in [4.69, 9.17) is 11.6 Å². The van der Waals surface area contributed by atoms with Crippen LogP contribution < -0.4 is 4.72 Å². The minimum Gasteiger partial charge on any atom is -0.256 e. The number of alkyl halides is 1. The van der Waals surface area contributed by atoms with Crippen LogP contribution in [0, 0.1) is 6.92 Å². The molecule has 0 saturated carbocycles. The summed E-state index contributed by atoms with van der Waals surface area (Å²) in [7, 11) is -3.52. The number of sulfonamides is 1. The summed E-state index contributed by atoms with van der Waals surface area (Å²) in [6.07, 6.45) is 3.19. The summed E-state index contributed by atoms with van der Waals surface area (Å²) in [4.78, 5) is 4.53. The fraction of sp³-hybridized carbons (Fsp3) is 0.357. The van der Waals surface area contributed by atoms with Crippen LogP contribution in [0.4, 0.5) is 0 Å². The minimum absolute atomic E-state index is 0.275. The Morgan fingerprint density at radius 2 is 2.05 bits per heavy atom. The molecule has 0 atom stereocenters. The summed E-state index contributed by atoms with van der Waals surface area (Å²) in [5, 5.41) is 0.650. The lowest BCUT2D eigenvalue weighted by molar-refractivity contribution is 0.579. The van der Waals surface area contributed by atoms with Crippen LogP contribution in [0.5, 0.6) is 0 Å². The van der Waals surface area contributed by atoms with Gasteiger partial charge in [-0.1, -0.05) is 6.07 Å². The Kier molecular flexibility index (Phi) is 4.96. The van der Waals surface area contributed by atoms with Gasteiger partial charge in [-0.25, -0.2) is 13.1 Å². The smallest absolute Gasteiger partial charge is 0.241 e. The zero-order chi connectivity index (χ0) is 14.6. The molecule has 1 aromatic heterocycles. The van der Waals surface area contributed by atoms with Crippen LogP contribution in [0.1, 0.15) is 18.4 Å². The third kappa shape index (κ3) is 3.29. The van der Waals surface area contributed by atoms with Crippen molar-refractivity contribution in [1.82, 2.24) is 9.71 Å². The molecular weight excluding hydrogens is 296 g/mol. The number of hydrogen-bond acceptors (Lipinski definition) is 3. The molecule has 0 spiro atoms. The van der Waals surface area contributed by atoms with Gasteiger partial charge < -0.3 is 0 Å². The first-order valence-electron chi connectivity index (χ1n) is 6.46. The van der Waals surface area contributed by atoms with Gasteiger partial charge in [-0.3, -0.25) is 4.98 Å². The summed E-state index contributed by atoms with van der Waals surface area (Å²) >= 11 is 5.58. The SMILES string of the molecule is Cc1ccc(S(=O)(=O)NCCCCCl)c2cccnc12. The monoisotopic (exact) mass is 312 g/mol. The molecule has 2 aromatic rings. The molecule has 6 heteroatoms. The first-order valence-corrected chi connectivity index (χ1v) is 8.48. The standard InChI is InChI=1S/C14H17ClN2O2S/c1-11-6-7-13(12-5-4-9-16-14(11)12)20(18,19)17-10-3-2-8-15/h4-7,9,17H,2-3,8,10H2,1H3. The molecule has 1 heterocycles. The second-order valence-corrected chi connectivity index (χ2v) is 6.69. The zero-order valence-electron chi connectivity index (χ0n) is 11.3. The molecule has 1 N–H and O–H groups in total. The van der Waals surface area contributed by atoms with Crippen molar-refractivity contribution >= 4 is 32.5 Å². The van der Waals surface area contributed by atoms with E-state index in [0.717, 1.165) is 23.9 Å². The number of halogens is 1. The molecule has 4 nitrogen and oxygen atoms in total. The Hall–Kier alpha value is -1.17. The van der Waals surface area contributed by atoms with Gasteiger partial charge in [0, 0.05) is 24.0 Å². The van der Waals surface area contributed by atoms with E-state index in [1.807, 2.05) is 6.92 Å². The van der Waals surface area contributed by atoms with Crippen LogP contribution in [-0.2, 0) is 10.0 Å². The minimum atomic E-state index is -3.52. The number of nitrogens with zero attached hydrogens (tertiary/aromatic N) is 1. The summed E-state index contributed by atoms with van der Waals surface area (Å²) < 4.78 is 27.3. The number of nitrogens with one attached hydrogen (secondary N) is 1. The molecule has 0 bridgehead atoms. The molecular formula is C14H17ClN2O2S. The number of aryl methyl sites for hydroxylation is 1. The third-order valence-corrected chi connectivity index (χ3v) is 4.86. The Morgan fingerprint density at radius 3 is 2.80 bits per heavy atom. The first kappa shape index (κ1) is 15.2. The Balaban J connectivity index is 2.35. The second-order valence-electron chi connectivity index (χ2n) is 4.57. The van der Waals surface area contributed by atoms with E-state index in [1.165, 1.54) is 0 Å². The number of aromatic nitrogens is 1. The number of benzene rings is 1. The fourth-order valence-corrected chi connectivity index (χ4v) is 3.48. The lowest BCUT2D eigenvalue weighted by atomic mass is 10.1. The van der Waals surface area contributed by atoms with Crippen LogP contribution in [0.2, 0.25) is 0 Å². The van der Waals surface area contributed by atoms with Gasteiger partial charge in [-0.15, -0.1) is 11.6 Å². The van der Waals surface area contributed by atoms with Gasteiger partial charge in [-0.2, -0.15) is 0 Å². The Bertz CT molecular complexity index is 701. The highest BCUT2D eigenvalue weighted by Gasteiger charge is 2.17. The molecule has 20 heavy (non-hydrogen) atoms. The molecule has 0 aliphatic heterocycles. The van der Waals surface area contributed by atoms with E-state index in [0.29, 0.717) is 17.8 Å². The van der Waals surface area contributed by atoms with E-state index in [9.17, 15) is 8.42 Å². The normalized spacial score (nSPS) is 11.9. The molecule has 0 aliphatic carbocycles. The molecule has 0 radical (unpaired) electrons. The van der Waals surface area contributed by atoms with Gasteiger partial charge >= 0.3 is 0 Å². The van der Waals surface area contributed by atoms with Crippen LogP contribution in [0.25, 0.3) is 10.9 Å². The highest BCUT2D eigenvalue weighted by atomic mass is 35.5. The maximum atomic E-state index is 12.3. The van der Waals surface area contributed by atoms with Crippen molar-refractivity contribution < 1.29 is 8.42 Å². The second kappa shape index (κ2) is 6.52. The van der Waals surface area contributed by atoms with Crippen molar-refractivity contribution in [3.63, 3.8) is 0 Å². The predicted octanol–water partition coefficient (Wildman–Crippen LogP) is 2.84. The van der Waals surface area contributed by atoms with Crippen molar-refractivity contribution in [3.8, 4) is 0 Å². The molecule has 2 rings (SSSR count). The topological polar surface area (TPSA) is 59.1 Å². The molecule has 1 aromatic carbocycles. The Morgan fingerprint density at radius 1 is 1.25 bits per heavy atom. The number of rotatable bonds is 6. The quantitative estimate of drug-likeness (QED) is 0.659. The molecule has 0 fully saturated rings. The zero-order valence-corrected chi connectivity index (χ0v) is 12.8. The average molecular weight is 313 g/mol. The van der Waals surface area contributed by atoms with Crippen molar-refractivity contribution in [1.29, 1.82) is 0 Å². The van der Waals surface area contributed by atoms with E-state index in [2.05, 4.69) is 9.71 Å². The van der Waals surface area contributed by atoms with Crippen molar-refractivity contribution in [3.05, 3.63) is 36.0 Å². The molecule has 0 saturated heterocycles. The van der Waals surface area contributed by atoms with Crippen LogP contribution in [-0.4, -0.2) is 25.8 Å². The van der Waals surface area contributed by atoms with Crippen LogP contribution >= 0.6 is 11.6 Å². The average Bonchev–Trinajstić information content (AvgIpc) is 2.44. The Labute approximate surface area is 124 Å². The van der Waals surface area contributed by atoms with Gasteiger partial charge in [0.15, 0.2) is 0 Å². The van der Waals surface area contributed by atoms with Crippen molar-refractivity contribution in [2.75, 3.05) is 12.4 Å². The largest absolute Gasteiger partial charge is 0.256 e. The number of fused-ring (bicyclic) bond motifs is 1. The summed E-state index contributed by atoms with van der Waals surface area (Å²) in [5.41, 5.74) is 1.68. The highest BCUT2D eigenvalue weighted by Crippen LogP contribution is 2.23. The van der Waals surface area contributed by atoms with E-state index in [1.54, 1.807) is 30.5 Å². The highest BCUT2D eigenvalue weighted by molar-refractivity contribution is 7.89. The van der Waals surface area contributed by atoms with Crippen molar-refractivity contribution in [2.45, 2.75) is 24.7 Å². The fourth-order valence-electron chi connectivity index (χ4n) is 2.03. The van der Waals surface area contributed by atoms with Gasteiger partial charge in [-0.05, 0) is 43.5 Å². The maximum Gasteiger partial charge on any atom is 0.241 e. The van der Waals surface area contributed by atoms with Gasteiger partial charge in [0.2, 0.25) is 10.0 Å². The van der Waals surface area contributed by atoms with E-state index < -0.39 is 10.0 Å². The van der Waals surface area contributed by atoms with Gasteiger partial charge in [0.05, 0.1) is 10.4 Å². The molecule has 0 amide bonds. The lowest BCUT2D eigenvalue weighted by Crippen LogP contribution is -2.25. The molecule has 0 unspecified atom stereocenters. The summed E-state index contributed by atoms with van der Waals surface area (Å²) in [5.74, 6) is 0.541. The van der Waals surface area contributed by atoms with Crippen LogP contribution in [0.15, 0.2) is 35.4 Å². The predicted molar refractivity (Wildman–Crippen MR) is 81.6 cm³/mol. The summed E-state index contributed by atoms with van der Waals surface area (Å²) in [6.45, 7) is 2.31. The number of unbranched alkanes of at least 4 members (excludes halogenated alkanes) is 1. The molecule has 0 aliphatic rings. The van der Waals surface area contributed by atoms with Crippen molar-refractivity contribution in [2.24, 2.45) is 0 Å². The number of pyridine rings is 1. The summed E-state index contributed by atoms with van der Waals surface area (Å²) in [6, 6.07) is 6.93. The molecule has 108 valence electrons.